The molecule has 1 aromatic carbocycles. The molecule has 1 heterocycles. The second-order valence-corrected chi connectivity index (χ2v) is 7.15. The van der Waals surface area contributed by atoms with Gasteiger partial charge >= 0.3 is 0 Å². The summed E-state index contributed by atoms with van der Waals surface area (Å²) in [6.45, 7) is 5.11. The number of amides is 2. The normalized spacial score (nSPS) is 17.7. The third kappa shape index (κ3) is 6.60. The van der Waals surface area contributed by atoms with Crippen LogP contribution in [-0.4, -0.2) is 47.3 Å². The van der Waals surface area contributed by atoms with Crippen molar-refractivity contribution in [2.45, 2.75) is 25.5 Å². The standard InChI is InChI=1S/C20H25N3O3S/c1-4-6-18(21-11-5-2)23(3)12-13-26-16-9-7-15(8-10-16)14-17-19(24)22-20(25)27-17/h4-11,17H,12-14H2,1-3H3,(H,22,24,25)/b6-4-,11-5-,21-18+. The third-order valence-corrected chi connectivity index (χ3v) is 4.85. The van der Waals surface area contributed by atoms with Crippen molar-refractivity contribution in [1.82, 2.24) is 10.2 Å². The van der Waals surface area contributed by atoms with Crippen LogP contribution in [0.5, 0.6) is 5.75 Å². The molecule has 1 N–H and O–H groups in total. The zero-order valence-electron chi connectivity index (χ0n) is 15.8. The van der Waals surface area contributed by atoms with E-state index < -0.39 is 0 Å². The number of imide groups is 1. The van der Waals surface area contributed by atoms with Crippen LogP contribution >= 0.6 is 11.8 Å². The molecular weight excluding hydrogens is 362 g/mol. The van der Waals surface area contributed by atoms with Crippen LogP contribution < -0.4 is 10.1 Å². The van der Waals surface area contributed by atoms with Gasteiger partial charge < -0.3 is 9.64 Å². The number of thioether (sulfide) groups is 1. The molecule has 0 radical (unpaired) electrons. The second-order valence-electron chi connectivity index (χ2n) is 5.97. The first-order valence-electron chi connectivity index (χ1n) is 8.79. The smallest absolute Gasteiger partial charge is 0.286 e. The van der Waals surface area contributed by atoms with Gasteiger partial charge in [-0.3, -0.25) is 14.9 Å². The lowest BCUT2D eigenvalue weighted by molar-refractivity contribution is -0.118. The number of allylic oxidation sites excluding steroid dienone is 2. The fourth-order valence-electron chi connectivity index (χ4n) is 2.45. The number of benzene rings is 1. The van der Waals surface area contributed by atoms with Crippen LogP contribution in [0.2, 0.25) is 0 Å². The van der Waals surface area contributed by atoms with Gasteiger partial charge in [0.2, 0.25) is 5.91 Å². The van der Waals surface area contributed by atoms with Crippen LogP contribution in [0.4, 0.5) is 4.79 Å². The number of amidine groups is 1. The van der Waals surface area contributed by atoms with Gasteiger partial charge in [0.15, 0.2) is 0 Å². The number of hydrogen-bond donors (Lipinski definition) is 1. The molecule has 1 saturated heterocycles. The van der Waals surface area contributed by atoms with Crippen molar-refractivity contribution >= 4 is 28.7 Å². The van der Waals surface area contributed by atoms with Crippen molar-refractivity contribution in [1.29, 1.82) is 0 Å². The summed E-state index contributed by atoms with van der Waals surface area (Å²) in [7, 11) is 1.97. The Bertz CT molecular complexity index is 741. The van der Waals surface area contributed by atoms with Crippen molar-refractivity contribution in [3.05, 3.63) is 54.3 Å². The number of carbonyl (C=O) groups is 2. The van der Waals surface area contributed by atoms with Gasteiger partial charge in [-0.25, -0.2) is 4.99 Å². The molecule has 144 valence electrons. The summed E-state index contributed by atoms with van der Waals surface area (Å²) in [5, 5.41) is 1.68. The molecule has 27 heavy (non-hydrogen) atoms. The van der Waals surface area contributed by atoms with Crippen LogP contribution in [0.15, 0.2) is 53.7 Å². The molecule has 2 amide bonds. The van der Waals surface area contributed by atoms with E-state index in [4.69, 9.17) is 4.74 Å². The van der Waals surface area contributed by atoms with E-state index in [0.717, 1.165) is 28.9 Å². The monoisotopic (exact) mass is 387 g/mol. The lowest BCUT2D eigenvalue weighted by atomic mass is 10.1. The zero-order valence-corrected chi connectivity index (χ0v) is 16.7. The highest BCUT2D eigenvalue weighted by molar-refractivity contribution is 8.15. The Kier molecular flexibility index (Phi) is 8.13. The van der Waals surface area contributed by atoms with Crippen molar-refractivity contribution in [3.63, 3.8) is 0 Å². The Morgan fingerprint density at radius 1 is 1.26 bits per heavy atom. The van der Waals surface area contributed by atoms with E-state index in [9.17, 15) is 9.59 Å². The molecule has 7 heteroatoms. The first kappa shape index (κ1) is 20.8. The molecule has 1 aliphatic heterocycles. The molecule has 1 unspecified atom stereocenters. The highest BCUT2D eigenvalue weighted by atomic mass is 32.2. The lowest BCUT2D eigenvalue weighted by Gasteiger charge is -2.19. The summed E-state index contributed by atoms with van der Waals surface area (Å²) in [4.78, 5) is 29.3. The molecule has 2 rings (SSSR count). The molecule has 1 atom stereocenters. The molecular formula is C20H25N3O3S. The summed E-state index contributed by atoms with van der Waals surface area (Å²) in [5.41, 5.74) is 0.996. The number of nitrogens with one attached hydrogen (secondary N) is 1. The molecule has 0 bridgehead atoms. The number of carbonyl (C=O) groups excluding carboxylic acids is 2. The fourth-order valence-corrected chi connectivity index (χ4v) is 3.31. The minimum absolute atomic E-state index is 0.218. The Labute approximate surface area is 164 Å². The van der Waals surface area contributed by atoms with Crippen molar-refractivity contribution in [3.8, 4) is 5.75 Å². The number of aliphatic imine (C=N–C) groups is 1. The van der Waals surface area contributed by atoms with Gasteiger partial charge in [-0.2, -0.15) is 0 Å². The Hall–Kier alpha value is -2.54. The molecule has 1 aromatic rings. The average Bonchev–Trinajstić information content (AvgIpc) is 2.97. The summed E-state index contributed by atoms with van der Waals surface area (Å²) in [6.07, 6.45) is 8.09. The van der Waals surface area contributed by atoms with E-state index in [1.807, 2.05) is 68.3 Å². The van der Waals surface area contributed by atoms with E-state index in [-0.39, 0.29) is 16.4 Å². The molecule has 1 fully saturated rings. The molecule has 1 aliphatic rings. The Morgan fingerprint density at radius 2 is 2.00 bits per heavy atom. The van der Waals surface area contributed by atoms with Crippen LogP contribution in [0.25, 0.3) is 0 Å². The largest absolute Gasteiger partial charge is 0.492 e. The fraction of sp³-hybridized carbons (Fsp3) is 0.350. The zero-order chi connectivity index (χ0) is 19.6. The van der Waals surface area contributed by atoms with Gasteiger partial charge in [0.25, 0.3) is 5.24 Å². The van der Waals surface area contributed by atoms with Crippen molar-refractivity contribution < 1.29 is 14.3 Å². The predicted octanol–water partition coefficient (Wildman–Crippen LogP) is 3.40. The quantitative estimate of drug-likeness (QED) is 0.547. The first-order chi connectivity index (χ1) is 13.0. The van der Waals surface area contributed by atoms with Gasteiger partial charge in [-0.15, -0.1) is 0 Å². The van der Waals surface area contributed by atoms with Crippen LogP contribution in [0, 0.1) is 0 Å². The second kappa shape index (κ2) is 10.6. The molecule has 6 nitrogen and oxygen atoms in total. The van der Waals surface area contributed by atoms with Gasteiger partial charge in [0.05, 0.1) is 11.8 Å². The van der Waals surface area contributed by atoms with E-state index in [0.29, 0.717) is 19.6 Å². The minimum atomic E-state index is -0.348. The molecule has 0 aliphatic carbocycles. The van der Waals surface area contributed by atoms with E-state index >= 15 is 0 Å². The number of likely N-dealkylation sites (N-methyl/N-ethyl adjacent to an activating group) is 1. The van der Waals surface area contributed by atoms with Gasteiger partial charge in [-0.05, 0) is 44.0 Å². The number of ether oxygens (including phenoxy) is 1. The molecule has 0 aromatic heterocycles. The van der Waals surface area contributed by atoms with Gasteiger partial charge in [0, 0.05) is 13.2 Å². The molecule has 0 spiro atoms. The highest BCUT2D eigenvalue weighted by Crippen LogP contribution is 2.23. The Morgan fingerprint density at radius 3 is 2.59 bits per heavy atom. The summed E-state index contributed by atoms with van der Waals surface area (Å²) >= 11 is 1.04. The molecule has 0 saturated carbocycles. The van der Waals surface area contributed by atoms with E-state index in [1.165, 1.54) is 0 Å². The van der Waals surface area contributed by atoms with E-state index in [2.05, 4.69) is 10.3 Å². The van der Waals surface area contributed by atoms with Gasteiger partial charge in [-0.1, -0.05) is 36.0 Å². The van der Waals surface area contributed by atoms with Crippen LogP contribution in [-0.2, 0) is 11.2 Å². The average molecular weight is 388 g/mol. The maximum absolute atomic E-state index is 11.6. The van der Waals surface area contributed by atoms with E-state index in [1.54, 1.807) is 6.20 Å². The van der Waals surface area contributed by atoms with Crippen molar-refractivity contribution in [2.75, 3.05) is 20.2 Å². The minimum Gasteiger partial charge on any atom is -0.492 e. The lowest BCUT2D eigenvalue weighted by Crippen LogP contribution is -2.29. The maximum Gasteiger partial charge on any atom is 0.286 e. The van der Waals surface area contributed by atoms with Crippen LogP contribution in [0.3, 0.4) is 0 Å². The third-order valence-electron chi connectivity index (χ3n) is 3.87. The SMILES string of the molecule is C\C=C/N=C(\C=C/C)N(C)CCOc1ccc(CC2SC(=O)NC2=O)cc1. The highest BCUT2D eigenvalue weighted by Gasteiger charge is 2.31. The topological polar surface area (TPSA) is 71.0 Å². The number of hydrogen-bond acceptors (Lipinski definition) is 5. The van der Waals surface area contributed by atoms with Gasteiger partial charge in [0.1, 0.15) is 18.2 Å². The van der Waals surface area contributed by atoms with Crippen molar-refractivity contribution in [2.24, 2.45) is 4.99 Å². The number of rotatable bonds is 8. The number of nitrogens with zero attached hydrogens (tertiary/aromatic N) is 2. The summed E-state index contributed by atoms with van der Waals surface area (Å²) < 4.78 is 5.80. The Balaban J connectivity index is 1.82. The summed E-state index contributed by atoms with van der Waals surface area (Å²) in [5.74, 6) is 1.42. The maximum atomic E-state index is 11.6. The summed E-state index contributed by atoms with van der Waals surface area (Å²) in [6, 6.07) is 7.62. The van der Waals surface area contributed by atoms with Crippen LogP contribution in [0.1, 0.15) is 19.4 Å². The first-order valence-corrected chi connectivity index (χ1v) is 9.67. The predicted molar refractivity (Wildman–Crippen MR) is 110 cm³/mol.